The second-order valence-corrected chi connectivity index (χ2v) is 8.57. The Balaban J connectivity index is 1.64. The van der Waals surface area contributed by atoms with Crippen LogP contribution in [-0.4, -0.2) is 59.7 Å². The summed E-state index contributed by atoms with van der Waals surface area (Å²) in [5.74, 6) is 0.887. The zero-order valence-electron chi connectivity index (χ0n) is 20.1. The molecule has 7 heteroatoms. The van der Waals surface area contributed by atoms with Crippen LogP contribution < -0.4 is 4.74 Å². The summed E-state index contributed by atoms with van der Waals surface area (Å²) in [7, 11) is 3.53. The Kier molecular flexibility index (Phi) is 7.75. The molecule has 2 aromatic carbocycles. The number of nitrogens with zero attached hydrogens (tertiary/aromatic N) is 3. The number of rotatable bonds is 11. The van der Waals surface area contributed by atoms with Crippen LogP contribution in [0.5, 0.6) is 5.88 Å². The zero-order chi connectivity index (χ0) is 23.9. The number of aromatic amines is 1. The van der Waals surface area contributed by atoms with Crippen molar-refractivity contribution in [3.63, 3.8) is 0 Å². The molecule has 0 amide bonds. The SMILES string of the molecule is CCCCN(C)CCCOc1nc(Cc2ccccc2)nc2[nH]c3cc(C(=O)OC)ccc3c12. The molecule has 0 spiro atoms. The maximum absolute atomic E-state index is 12.0. The van der Waals surface area contributed by atoms with Crippen molar-refractivity contribution in [1.29, 1.82) is 0 Å². The van der Waals surface area contributed by atoms with E-state index in [0.717, 1.165) is 41.4 Å². The monoisotopic (exact) mass is 460 g/mol. The van der Waals surface area contributed by atoms with Crippen molar-refractivity contribution in [2.75, 3.05) is 33.9 Å². The smallest absolute Gasteiger partial charge is 0.337 e. The number of ether oxygens (including phenoxy) is 2. The molecule has 1 N–H and O–H groups in total. The van der Waals surface area contributed by atoms with E-state index in [1.54, 1.807) is 12.1 Å². The summed E-state index contributed by atoms with van der Waals surface area (Å²) in [6.45, 7) is 4.85. The Morgan fingerprint density at radius 3 is 2.62 bits per heavy atom. The van der Waals surface area contributed by atoms with Crippen LogP contribution in [0.15, 0.2) is 48.5 Å². The van der Waals surface area contributed by atoms with Crippen molar-refractivity contribution in [2.45, 2.75) is 32.6 Å². The maximum atomic E-state index is 12.0. The lowest BCUT2D eigenvalue weighted by atomic mass is 10.1. The Morgan fingerprint density at radius 1 is 1.06 bits per heavy atom. The van der Waals surface area contributed by atoms with Gasteiger partial charge in [0.05, 0.1) is 24.7 Å². The van der Waals surface area contributed by atoms with Crippen molar-refractivity contribution >= 4 is 27.9 Å². The van der Waals surface area contributed by atoms with Gasteiger partial charge in [-0.3, -0.25) is 0 Å². The molecule has 0 fully saturated rings. The van der Waals surface area contributed by atoms with Gasteiger partial charge in [-0.25, -0.2) is 9.78 Å². The molecule has 2 aromatic heterocycles. The molecule has 178 valence electrons. The van der Waals surface area contributed by atoms with E-state index in [9.17, 15) is 4.79 Å². The minimum atomic E-state index is -0.375. The number of esters is 1. The van der Waals surface area contributed by atoms with Crippen molar-refractivity contribution in [3.8, 4) is 5.88 Å². The molecule has 0 atom stereocenters. The summed E-state index contributed by atoms with van der Waals surface area (Å²) < 4.78 is 11.1. The third-order valence-electron chi connectivity index (χ3n) is 5.91. The maximum Gasteiger partial charge on any atom is 0.337 e. The number of hydrogen-bond acceptors (Lipinski definition) is 6. The highest BCUT2D eigenvalue weighted by molar-refractivity contribution is 6.10. The van der Waals surface area contributed by atoms with Crippen LogP contribution in [0.1, 0.15) is 47.9 Å². The van der Waals surface area contributed by atoms with E-state index in [1.165, 1.54) is 20.0 Å². The predicted octanol–water partition coefficient (Wildman–Crippen LogP) is 4.99. The first-order valence-electron chi connectivity index (χ1n) is 11.8. The third kappa shape index (κ3) is 5.54. The number of unbranched alkanes of at least 4 members (excludes halogenated alkanes) is 1. The number of hydrogen-bond donors (Lipinski definition) is 1. The summed E-state index contributed by atoms with van der Waals surface area (Å²) in [5.41, 5.74) is 3.12. The van der Waals surface area contributed by atoms with E-state index in [-0.39, 0.29) is 5.97 Å². The third-order valence-corrected chi connectivity index (χ3v) is 5.91. The Labute approximate surface area is 200 Å². The molecule has 0 saturated heterocycles. The van der Waals surface area contributed by atoms with Gasteiger partial charge in [0, 0.05) is 23.9 Å². The fourth-order valence-corrected chi connectivity index (χ4v) is 4.06. The van der Waals surface area contributed by atoms with Crippen LogP contribution in [0.3, 0.4) is 0 Å². The highest BCUT2D eigenvalue weighted by Crippen LogP contribution is 2.32. The lowest BCUT2D eigenvalue weighted by Gasteiger charge is -2.16. The molecule has 4 aromatic rings. The van der Waals surface area contributed by atoms with E-state index >= 15 is 0 Å². The van der Waals surface area contributed by atoms with E-state index < -0.39 is 0 Å². The van der Waals surface area contributed by atoms with Gasteiger partial charge in [0.1, 0.15) is 11.5 Å². The fraction of sp³-hybridized carbons (Fsp3) is 0.370. The number of methoxy groups -OCH3 is 1. The van der Waals surface area contributed by atoms with Crippen LogP contribution in [0.25, 0.3) is 21.9 Å². The van der Waals surface area contributed by atoms with E-state index in [4.69, 9.17) is 19.4 Å². The lowest BCUT2D eigenvalue weighted by Crippen LogP contribution is -2.22. The van der Waals surface area contributed by atoms with Crippen LogP contribution in [-0.2, 0) is 11.2 Å². The van der Waals surface area contributed by atoms with Crippen molar-refractivity contribution in [2.24, 2.45) is 0 Å². The lowest BCUT2D eigenvalue weighted by molar-refractivity contribution is 0.0601. The van der Waals surface area contributed by atoms with Gasteiger partial charge in [0.2, 0.25) is 5.88 Å². The average Bonchev–Trinajstić information content (AvgIpc) is 3.23. The van der Waals surface area contributed by atoms with Gasteiger partial charge in [0.25, 0.3) is 0 Å². The summed E-state index contributed by atoms with van der Waals surface area (Å²) in [4.78, 5) is 27.3. The average molecular weight is 461 g/mol. The zero-order valence-corrected chi connectivity index (χ0v) is 20.1. The topological polar surface area (TPSA) is 80.3 Å². The second kappa shape index (κ2) is 11.1. The molecule has 0 saturated carbocycles. The van der Waals surface area contributed by atoms with Crippen molar-refractivity contribution in [3.05, 3.63) is 65.5 Å². The van der Waals surface area contributed by atoms with Gasteiger partial charge in [0.15, 0.2) is 0 Å². The first-order chi connectivity index (χ1) is 16.6. The number of benzene rings is 2. The van der Waals surface area contributed by atoms with Gasteiger partial charge in [-0.05, 0) is 44.1 Å². The number of H-pyrrole nitrogens is 1. The minimum absolute atomic E-state index is 0.375. The van der Waals surface area contributed by atoms with Gasteiger partial charge < -0.3 is 19.4 Å². The number of fused-ring (bicyclic) bond motifs is 3. The minimum Gasteiger partial charge on any atom is -0.477 e. The number of carbonyl (C=O) groups is 1. The number of nitrogens with one attached hydrogen (secondary N) is 1. The quantitative estimate of drug-likeness (QED) is 0.251. The molecule has 0 aliphatic heterocycles. The molecule has 0 bridgehead atoms. The van der Waals surface area contributed by atoms with Crippen LogP contribution in [0.2, 0.25) is 0 Å². The molecule has 7 nitrogen and oxygen atoms in total. The van der Waals surface area contributed by atoms with Gasteiger partial charge in [-0.1, -0.05) is 49.7 Å². The Morgan fingerprint density at radius 2 is 1.85 bits per heavy atom. The molecule has 0 aliphatic carbocycles. The highest BCUT2D eigenvalue weighted by atomic mass is 16.5. The molecule has 0 radical (unpaired) electrons. The number of aromatic nitrogens is 3. The van der Waals surface area contributed by atoms with Crippen molar-refractivity contribution < 1.29 is 14.3 Å². The largest absolute Gasteiger partial charge is 0.477 e. The van der Waals surface area contributed by atoms with Gasteiger partial charge in [-0.2, -0.15) is 4.98 Å². The van der Waals surface area contributed by atoms with Gasteiger partial charge in [-0.15, -0.1) is 0 Å². The van der Waals surface area contributed by atoms with E-state index in [0.29, 0.717) is 35.9 Å². The Hall–Kier alpha value is -3.45. The summed E-state index contributed by atoms with van der Waals surface area (Å²) in [6, 6.07) is 15.6. The first-order valence-corrected chi connectivity index (χ1v) is 11.8. The molecule has 4 rings (SSSR count). The normalized spacial score (nSPS) is 11.4. The summed E-state index contributed by atoms with van der Waals surface area (Å²) in [5, 5.41) is 1.76. The molecular weight excluding hydrogens is 428 g/mol. The highest BCUT2D eigenvalue weighted by Gasteiger charge is 2.17. The molecular formula is C27H32N4O3. The summed E-state index contributed by atoms with van der Waals surface area (Å²) in [6.07, 6.45) is 3.92. The van der Waals surface area contributed by atoms with Crippen molar-refractivity contribution in [1.82, 2.24) is 19.9 Å². The van der Waals surface area contributed by atoms with Crippen LogP contribution >= 0.6 is 0 Å². The number of carbonyl (C=O) groups excluding carboxylic acids is 1. The molecule has 0 unspecified atom stereocenters. The second-order valence-electron chi connectivity index (χ2n) is 8.57. The predicted molar refractivity (Wildman–Crippen MR) is 134 cm³/mol. The van der Waals surface area contributed by atoms with Crippen LogP contribution in [0, 0.1) is 0 Å². The molecule has 0 aliphatic rings. The summed E-state index contributed by atoms with van der Waals surface area (Å²) >= 11 is 0. The van der Waals surface area contributed by atoms with E-state index in [1.807, 2.05) is 24.3 Å². The first kappa shape index (κ1) is 23.7. The fourth-order valence-electron chi connectivity index (χ4n) is 4.06. The standard InChI is InChI=1S/C27H32N4O3/c1-4-5-14-31(2)15-9-16-34-26-24-21-13-12-20(27(32)33-3)18-22(21)28-25(24)29-23(30-26)17-19-10-7-6-8-11-19/h6-8,10-13,18H,4-5,9,14-17H2,1-3H3,(H,28,29,30). The van der Waals surface area contributed by atoms with E-state index in [2.05, 4.69) is 36.0 Å². The van der Waals surface area contributed by atoms with Gasteiger partial charge >= 0.3 is 5.97 Å². The molecule has 2 heterocycles. The molecule has 34 heavy (non-hydrogen) atoms. The Bertz CT molecular complexity index is 1250. The van der Waals surface area contributed by atoms with Crippen LogP contribution in [0.4, 0.5) is 0 Å².